The summed E-state index contributed by atoms with van der Waals surface area (Å²) in [5, 5.41) is 4.45. The Balaban J connectivity index is 1.97. The van der Waals surface area contributed by atoms with Crippen molar-refractivity contribution in [1.82, 2.24) is 10.3 Å². The predicted molar refractivity (Wildman–Crippen MR) is 85.5 cm³/mol. The Labute approximate surface area is 125 Å². The molecule has 1 saturated heterocycles. The van der Waals surface area contributed by atoms with Crippen molar-refractivity contribution in [1.29, 1.82) is 0 Å². The Hall–Kier alpha value is -1.74. The molecule has 1 unspecified atom stereocenters. The normalized spacial score (nSPS) is 22.3. The zero-order valence-electron chi connectivity index (χ0n) is 12.6. The fourth-order valence-electron chi connectivity index (χ4n) is 3.47. The Morgan fingerprint density at radius 2 is 2.24 bits per heavy atom. The van der Waals surface area contributed by atoms with E-state index in [1.807, 2.05) is 30.3 Å². The molecule has 0 saturated carbocycles. The van der Waals surface area contributed by atoms with Crippen molar-refractivity contribution in [3.05, 3.63) is 42.1 Å². The molecular formula is C18H22N2O. The van der Waals surface area contributed by atoms with Gasteiger partial charge in [-0.15, -0.1) is 0 Å². The van der Waals surface area contributed by atoms with Crippen LogP contribution >= 0.6 is 0 Å². The van der Waals surface area contributed by atoms with Crippen LogP contribution in [0.4, 0.5) is 0 Å². The van der Waals surface area contributed by atoms with Gasteiger partial charge in [-0.25, -0.2) is 0 Å². The lowest BCUT2D eigenvalue weighted by molar-refractivity contribution is 0.0717. The second-order valence-corrected chi connectivity index (χ2v) is 6.06. The molecule has 1 aliphatic heterocycles. The average Bonchev–Trinajstić information content (AvgIpc) is 2.55. The molecule has 1 fully saturated rings. The maximum absolute atomic E-state index is 13.1. The van der Waals surface area contributed by atoms with Crippen LogP contribution in [-0.2, 0) is 0 Å². The van der Waals surface area contributed by atoms with Crippen LogP contribution in [0.15, 0.2) is 36.5 Å². The summed E-state index contributed by atoms with van der Waals surface area (Å²) in [6.07, 6.45) is 5.79. The van der Waals surface area contributed by atoms with Gasteiger partial charge in [-0.3, -0.25) is 9.78 Å². The highest BCUT2D eigenvalue weighted by Gasteiger charge is 2.39. The van der Waals surface area contributed by atoms with Crippen LogP contribution in [0.1, 0.15) is 43.0 Å². The number of nitrogens with one attached hydrogen (secondary N) is 1. The number of rotatable bonds is 4. The predicted octanol–water partition coefficient (Wildman–Crippen LogP) is 3.59. The second kappa shape index (κ2) is 5.94. The first-order chi connectivity index (χ1) is 10.2. The van der Waals surface area contributed by atoms with Gasteiger partial charge < -0.3 is 5.32 Å². The Morgan fingerprint density at radius 1 is 1.38 bits per heavy atom. The molecule has 0 radical (unpaired) electrons. The van der Waals surface area contributed by atoms with E-state index in [9.17, 15) is 4.79 Å². The molecular weight excluding hydrogens is 260 g/mol. The van der Waals surface area contributed by atoms with E-state index in [0.717, 1.165) is 55.2 Å². The summed E-state index contributed by atoms with van der Waals surface area (Å²) in [5.41, 5.74) is 1.46. The zero-order chi connectivity index (χ0) is 14.7. The molecule has 1 aliphatic rings. The third-order valence-corrected chi connectivity index (χ3v) is 4.54. The van der Waals surface area contributed by atoms with E-state index >= 15 is 0 Å². The van der Waals surface area contributed by atoms with Gasteiger partial charge in [-0.05, 0) is 37.9 Å². The number of carbonyl (C=O) groups excluding carboxylic acids is 1. The van der Waals surface area contributed by atoms with E-state index in [0.29, 0.717) is 0 Å². The number of pyridine rings is 1. The van der Waals surface area contributed by atoms with E-state index in [1.54, 1.807) is 6.20 Å². The van der Waals surface area contributed by atoms with Crippen LogP contribution < -0.4 is 5.32 Å². The summed E-state index contributed by atoms with van der Waals surface area (Å²) in [4.78, 5) is 17.5. The van der Waals surface area contributed by atoms with Gasteiger partial charge in [0.25, 0.3) is 0 Å². The van der Waals surface area contributed by atoms with Gasteiger partial charge >= 0.3 is 0 Å². The number of hydrogen-bond acceptors (Lipinski definition) is 3. The van der Waals surface area contributed by atoms with Gasteiger partial charge in [0.05, 0.1) is 5.52 Å². The van der Waals surface area contributed by atoms with Crippen LogP contribution in [-0.4, -0.2) is 23.9 Å². The highest BCUT2D eigenvalue weighted by molar-refractivity contribution is 6.02. The smallest absolute Gasteiger partial charge is 0.171 e. The molecule has 0 amide bonds. The Bertz CT molecular complexity index is 639. The van der Waals surface area contributed by atoms with Gasteiger partial charge in [-0.1, -0.05) is 31.5 Å². The van der Waals surface area contributed by atoms with Gasteiger partial charge in [0, 0.05) is 29.1 Å². The minimum Gasteiger partial charge on any atom is -0.316 e. The molecule has 110 valence electrons. The van der Waals surface area contributed by atoms with E-state index in [-0.39, 0.29) is 11.2 Å². The van der Waals surface area contributed by atoms with Crippen molar-refractivity contribution in [3.8, 4) is 0 Å². The molecule has 1 aromatic heterocycles. The maximum atomic E-state index is 13.1. The lowest BCUT2D eigenvalue weighted by atomic mass is 9.72. The number of ketones is 1. The number of piperidine rings is 1. The molecule has 3 heteroatoms. The monoisotopic (exact) mass is 282 g/mol. The largest absolute Gasteiger partial charge is 0.316 e. The minimum atomic E-state index is -0.239. The molecule has 21 heavy (non-hydrogen) atoms. The van der Waals surface area contributed by atoms with Crippen molar-refractivity contribution < 1.29 is 4.79 Å². The highest BCUT2D eigenvalue weighted by atomic mass is 16.1. The molecule has 1 atom stereocenters. The number of aromatic nitrogens is 1. The zero-order valence-corrected chi connectivity index (χ0v) is 12.6. The fraction of sp³-hybridized carbons (Fsp3) is 0.444. The Kier molecular flexibility index (Phi) is 4.02. The summed E-state index contributed by atoms with van der Waals surface area (Å²) in [5.74, 6) is 0.259. The van der Waals surface area contributed by atoms with Crippen LogP contribution in [0.3, 0.4) is 0 Å². The van der Waals surface area contributed by atoms with Crippen molar-refractivity contribution in [2.45, 2.75) is 32.6 Å². The minimum absolute atomic E-state index is 0.239. The van der Waals surface area contributed by atoms with Gasteiger partial charge in [0.2, 0.25) is 0 Å². The van der Waals surface area contributed by atoms with Crippen molar-refractivity contribution in [3.63, 3.8) is 0 Å². The summed E-state index contributed by atoms with van der Waals surface area (Å²) in [6.45, 7) is 3.98. The van der Waals surface area contributed by atoms with Crippen LogP contribution in [0.5, 0.6) is 0 Å². The number of benzene rings is 1. The van der Waals surface area contributed by atoms with E-state index < -0.39 is 0 Å². The molecule has 0 aliphatic carbocycles. The third kappa shape index (κ3) is 2.70. The summed E-state index contributed by atoms with van der Waals surface area (Å²) in [7, 11) is 0. The topological polar surface area (TPSA) is 42.0 Å². The van der Waals surface area contributed by atoms with E-state index in [2.05, 4.69) is 17.2 Å². The van der Waals surface area contributed by atoms with Crippen LogP contribution in [0.25, 0.3) is 10.9 Å². The van der Waals surface area contributed by atoms with Gasteiger partial charge in [-0.2, -0.15) is 0 Å². The van der Waals surface area contributed by atoms with E-state index in [1.165, 1.54) is 0 Å². The van der Waals surface area contributed by atoms with Crippen molar-refractivity contribution >= 4 is 16.7 Å². The quantitative estimate of drug-likeness (QED) is 0.871. The number of nitrogens with zero attached hydrogens (tertiary/aromatic N) is 1. The fourth-order valence-corrected chi connectivity index (χ4v) is 3.47. The molecule has 1 aromatic carbocycles. The summed E-state index contributed by atoms with van der Waals surface area (Å²) < 4.78 is 0. The lowest BCUT2D eigenvalue weighted by Crippen LogP contribution is -2.45. The van der Waals surface area contributed by atoms with Gasteiger partial charge in [0.1, 0.15) is 0 Å². The summed E-state index contributed by atoms with van der Waals surface area (Å²) >= 11 is 0. The first-order valence-electron chi connectivity index (χ1n) is 7.85. The van der Waals surface area contributed by atoms with Crippen LogP contribution in [0, 0.1) is 5.41 Å². The number of fused-ring (bicyclic) bond motifs is 1. The van der Waals surface area contributed by atoms with Gasteiger partial charge in [0.15, 0.2) is 5.78 Å². The van der Waals surface area contributed by atoms with Crippen molar-refractivity contribution in [2.24, 2.45) is 5.41 Å². The first kappa shape index (κ1) is 14.2. The average molecular weight is 282 g/mol. The first-order valence-corrected chi connectivity index (χ1v) is 7.85. The third-order valence-electron chi connectivity index (χ3n) is 4.54. The molecule has 1 N–H and O–H groups in total. The maximum Gasteiger partial charge on any atom is 0.171 e. The number of para-hydroxylation sites is 1. The number of hydrogen-bond donors (Lipinski definition) is 1. The standard InChI is InChI=1S/C18H22N2O/c1-2-8-18(9-5-10-19-13-18)17(21)15-11-14-6-3-4-7-16(14)20-12-15/h3-4,6-7,11-12,19H,2,5,8-10,13H2,1H3. The van der Waals surface area contributed by atoms with Crippen molar-refractivity contribution in [2.75, 3.05) is 13.1 Å². The molecule has 3 nitrogen and oxygen atoms in total. The van der Waals surface area contributed by atoms with Crippen LogP contribution in [0.2, 0.25) is 0 Å². The SMILES string of the molecule is CCCC1(C(=O)c2cnc3ccccc3c2)CCCNC1. The lowest BCUT2D eigenvalue weighted by Gasteiger charge is -2.36. The molecule has 2 aromatic rings. The molecule has 0 spiro atoms. The van der Waals surface area contributed by atoms with E-state index in [4.69, 9.17) is 0 Å². The highest BCUT2D eigenvalue weighted by Crippen LogP contribution is 2.35. The number of carbonyl (C=O) groups is 1. The molecule has 3 rings (SSSR count). The molecule has 2 heterocycles. The summed E-state index contributed by atoms with van der Waals surface area (Å²) in [6, 6.07) is 9.96. The Morgan fingerprint density at radius 3 is 3.00 bits per heavy atom. The number of Topliss-reactive ketones (excluding diaryl/α,β-unsaturated/α-hetero) is 1. The molecule has 0 bridgehead atoms. The second-order valence-electron chi connectivity index (χ2n) is 6.06.